The predicted octanol–water partition coefficient (Wildman–Crippen LogP) is 1.69. The van der Waals surface area contributed by atoms with Crippen LogP contribution in [0.3, 0.4) is 0 Å². The smallest absolute Gasteiger partial charge is 0.261 e. The molecule has 0 saturated heterocycles. The highest BCUT2D eigenvalue weighted by Gasteiger charge is 2.46. The molecule has 0 saturated carbocycles. The summed E-state index contributed by atoms with van der Waals surface area (Å²) in [6.07, 6.45) is 1.24. The summed E-state index contributed by atoms with van der Waals surface area (Å²) in [6, 6.07) is 10.1. The van der Waals surface area contributed by atoms with E-state index in [4.69, 9.17) is 9.62 Å². The van der Waals surface area contributed by atoms with E-state index in [-0.39, 0.29) is 12.1 Å². The number of hydrogen-bond donors (Lipinski definition) is 3. The zero-order valence-corrected chi connectivity index (χ0v) is 10.4. The van der Waals surface area contributed by atoms with Crippen molar-refractivity contribution in [1.29, 1.82) is 0 Å². The summed E-state index contributed by atoms with van der Waals surface area (Å²) in [4.78, 5) is 12.0. The molecule has 0 radical (unpaired) electrons. The minimum absolute atomic E-state index is 0.101. The second kappa shape index (κ2) is 4.50. The average Bonchev–Trinajstić information content (AvgIpc) is 3.06. The first-order valence-electron chi connectivity index (χ1n) is 6.03. The van der Waals surface area contributed by atoms with Crippen LogP contribution < -0.4 is 5.32 Å². The lowest BCUT2D eigenvalue weighted by molar-refractivity contribution is -0.132. The van der Waals surface area contributed by atoms with Gasteiger partial charge in [-0.25, -0.2) is 0 Å². The summed E-state index contributed by atoms with van der Waals surface area (Å²) in [6.45, 7) is 0. The Morgan fingerprint density at radius 2 is 2.10 bits per heavy atom. The van der Waals surface area contributed by atoms with Crippen LogP contribution in [0.4, 0.5) is 5.69 Å². The van der Waals surface area contributed by atoms with Gasteiger partial charge in [0.05, 0.1) is 6.26 Å². The Morgan fingerprint density at radius 1 is 1.30 bits per heavy atom. The molecule has 1 aromatic carbocycles. The van der Waals surface area contributed by atoms with E-state index < -0.39 is 11.5 Å². The van der Waals surface area contributed by atoms with Gasteiger partial charge in [-0.1, -0.05) is 23.4 Å². The van der Waals surface area contributed by atoms with Crippen molar-refractivity contribution in [3.8, 4) is 0 Å². The maximum absolute atomic E-state index is 12.0. The molecule has 6 heteroatoms. The van der Waals surface area contributed by atoms with Crippen molar-refractivity contribution < 1.29 is 19.5 Å². The highest BCUT2D eigenvalue weighted by atomic mass is 16.4. The van der Waals surface area contributed by atoms with Gasteiger partial charge in [0.2, 0.25) is 0 Å². The Hall–Kier alpha value is -2.60. The third kappa shape index (κ3) is 1.78. The predicted molar refractivity (Wildman–Crippen MR) is 70.6 cm³/mol. The molecule has 1 aliphatic rings. The summed E-state index contributed by atoms with van der Waals surface area (Å²) < 4.78 is 5.13. The molecule has 102 valence electrons. The number of rotatable bonds is 3. The van der Waals surface area contributed by atoms with Crippen molar-refractivity contribution in [2.75, 3.05) is 5.32 Å². The summed E-state index contributed by atoms with van der Waals surface area (Å²) in [5.41, 5.74) is -0.663. The number of benzene rings is 1. The summed E-state index contributed by atoms with van der Waals surface area (Å²) >= 11 is 0. The number of aliphatic hydroxyl groups is 1. The first-order chi connectivity index (χ1) is 9.65. The van der Waals surface area contributed by atoms with Crippen LogP contribution in [0.2, 0.25) is 0 Å². The minimum atomic E-state index is -1.77. The molecular formula is C14H12N2O4. The van der Waals surface area contributed by atoms with Gasteiger partial charge in [0.1, 0.15) is 5.71 Å². The average molecular weight is 272 g/mol. The van der Waals surface area contributed by atoms with Gasteiger partial charge < -0.3 is 20.0 Å². The molecular weight excluding hydrogens is 260 g/mol. The van der Waals surface area contributed by atoms with Crippen LogP contribution in [0.1, 0.15) is 17.7 Å². The van der Waals surface area contributed by atoms with Gasteiger partial charge in [-0.05, 0) is 18.2 Å². The van der Waals surface area contributed by atoms with Gasteiger partial charge in [-0.2, -0.15) is 0 Å². The SMILES string of the molecule is O=C1Nc2ccccc2C1(O)CC(=NO)c1ccco1. The fourth-order valence-electron chi connectivity index (χ4n) is 2.33. The van der Waals surface area contributed by atoms with Crippen LogP contribution in [-0.2, 0) is 10.4 Å². The molecule has 3 rings (SSSR count). The van der Waals surface area contributed by atoms with Crippen LogP contribution in [0.5, 0.6) is 0 Å². The van der Waals surface area contributed by atoms with Crippen LogP contribution in [0.25, 0.3) is 0 Å². The van der Waals surface area contributed by atoms with Gasteiger partial charge >= 0.3 is 0 Å². The molecule has 1 aromatic heterocycles. The van der Waals surface area contributed by atoms with Crippen LogP contribution in [-0.4, -0.2) is 21.9 Å². The molecule has 1 amide bonds. The van der Waals surface area contributed by atoms with Gasteiger partial charge in [-0.15, -0.1) is 0 Å². The van der Waals surface area contributed by atoms with E-state index in [2.05, 4.69) is 10.5 Å². The lowest BCUT2D eigenvalue weighted by Gasteiger charge is -2.20. The lowest BCUT2D eigenvalue weighted by Crippen LogP contribution is -2.36. The molecule has 2 heterocycles. The molecule has 3 N–H and O–H groups in total. The maximum Gasteiger partial charge on any atom is 0.261 e. The van der Waals surface area contributed by atoms with Gasteiger partial charge in [0.15, 0.2) is 11.4 Å². The Labute approximate surface area is 114 Å². The number of furan rings is 1. The lowest BCUT2D eigenvalue weighted by atomic mass is 9.89. The molecule has 1 unspecified atom stereocenters. The molecule has 2 aromatic rings. The second-order valence-electron chi connectivity index (χ2n) is 4.56. The van der Waals surface area contributed by atoms with Crippen molar-refractivity contribution in [2.45, 2.75) is 12.0 Å². The largest absolute Gasteiger partial charge is 0.463 e. The molecule has 0 bridgehead atoms. The first-order valence-corrected chi connectivity index (χ1v) is 6.03. The number of nitrogens with zero attached hydrogens (tertiary/aromatic N) is 1. The monoisotopic (exact) mass is 272 g/mol. The number of nitrogens with one attached hydrogen (secondary N) is 1. The summed E-state index contributed by atoms with van der Waals surface area (Å²) in [5, 5.41) is 25.5. The fourth-order valence-corrected chi connectivity index (χ4v) is 2.33. The van der Waals surface area contributed by atoms with E-state index in [9.17, 15) is 9.90 Å². The van der Waals surface area contributed by atoms with E-state index >= 15 is 0 Å². The number of fused-ring (bicyclic) bond motifs is 1. The Kier molecular flexibility index (Phi) is 2.80. The second-order valence-corrected chi connectivity index (χ2v) is 4.56. The van der Waals surface area contributed by atoms with Crippen LogP contribution in [0.15, 0.2) is 52.2 Å². The third-order valence-electron chi connectivity index (χ3n) is 3.35. The molecule has 20 heavy (non-hydrogen) atoms. The fraction of sp³-hybridized carbons (Fsp3) is 0.143. The Bertz CT molecular complexity index is 678. The van der Waals surface area contributed by atoms with Gasteiger partial charge in [-0.3, -0.25) is 4.79 Å². The van der Waals surface area contributed by atoms with Gasteiger partial charge in [0, 0.05) is 17.7 Å². The molecule has 0 fully saturated rings. The van der Waals surface area contributed by atoms with E-state index in [0.717, 1.165) is 0 Å². The number of anilines is 1. The van der Waals surface area contributed by atoms with E-state index in [1.807, 2.05) is 0 Å². The highest BCUT2D eigenvalue weighted by Crippen LogP contribution is 2.38. The zero-order valence-electron chi connectivity index (χ0n) is 10.4. The minimum Gasteiger partial charge on any atom is -0.463 e. The number of carbonyl (C=O) groups excluding carboxylic acids is 1. The molecule has 0 spiro atoms. The van der Waals surface area contributed by atoms with Crippen molar-refractivity contribution in [3.05, 3.63) is 54.0 Å². The Balaban J connectivity index is 1.99. The van der Waals surface area contributed by atoms with Crippen molar-refractivity contribution in [2.24, 2.45) is 5.16 Å². The number of oxime groups is 1. The molecule has 1 atom stereocenters. The van der Waals surface area contributed by atoms with Gasteiger partial charge in [0.25, 0.3) is 5.91 Å². The van der Waals surface area contributed by atoms with E-state index in [1.165, 1.54) is 6.26 Å². The highest BCUT2D eigenvalue weighted by molar-refractivity contribution is 6.09. The van der Waals surface area contributed by atoms with Crippen LogP contribution in [0, 0.1) is 0 Å². The molecule has 1 aliphatic heterocycles. The van der Waals surface area contributed by atoms with Crippen molar-refractivity contribution >= 4 is 17.3 Å². The summed E-state index contributed by atoms with van der Waals surface area (Å²) in [7, 11) is 0. The number of para-hydroxylation sites is 1. The summed E-state index contributed by atoms with van der Waals surface area (Å²) in [5.74, 6) is -0.246. The van der Waals surface area contributed by atoms with Crippen LogP contribution >= 0.6 is 0 Å². The Morgan fingerprint density at radius 3 is 2.80 bits per heavy atom. The van der Waals surface area contributed by atoms with Crippen molar-refractivity contribution in [1.82, 2.24) is 0 Å². The van der Waals surface area contributed by atoms with E-state index in [0.29, 0.717) is 17.0 Å². The maximum atomic E-state index is 12.0. The zero-order chi connectivity index (χ0) is 14.2. The topological polar surface area (TPSA) is 95.1 Å². The number of hydrogen-bond acceptors (Lipinski definition) is 5. The van der Waals surface area contributed by atoms with Crippen molar-refractivity contribution in [3.63, 3.8) is 0 Å². The molecule has 6 nitrogen and oxygen atoms in total. The quantitative estimate of drug-likeness (QED) is 0.450. The number of carbonyl (C=O) groups is 1. The number of amides is 1. The third-order valence-corrected chi connectivity index (χ3v) is 3.35. The first kappa shape index (κ1) is 12.4. The normalized spacial score (nSPS) is 21.6. The molecule has 0 aliphatic carbocycles. The van der Waals surface area contributed by atoms with E-state index in [1.54, 1.807) is 36.4 Å². The standard InChI is InChI=1S/C14H12N2O4/c17-13-14(18,9-4-1-2-5-10(9)15-13)8-11(16-19)12-6-3-7-20-12/h1-7,18-19H,8H2,(H,15,17).